The zero-order valence-electron chi connectivity index (χ0n) is 10.4. The molecule has 1 aromatic carbocycles. The Morgan fingerprint density at radius 1 is 1.12 bits per heavy atom. The van der Waals surface area contributed by atoms with Crippen molar-refractivity contribution in [1.82, 2.24) is 4.98 Å². The van der Waals surface area contributed by atoms with Gasteiger partial charge in [-0.2, -0.15) is 0 Å². The van der Waals surface area contributed by atoms with Gasteiger partial charge < -0.3 is 10.6 Å². The van der Waals surface area contributed by atoms with Gasteiger partial charge in [-0.05, 0) is 31.5 Å². The summed E-state index contributed by atoms with van der Waals surface area (Å²) < 4.78 is 0. The number of nitrogen functional groups attached to an aromatic ring is 1. The fraction of sp³-hybridized carbons (Fsp3) is 0.214. The number of nitrogens with zero attached hydrogens (tertiary/aromatic N) is 2. The van der Waals surface area contributed by atoms with Crippen molar-refractivity contribution >= 4 is 17.1 Å². The number of aromatic nitrogens is 1. The minimum Gasteiger partial charge on any atom is -0.396 e. The molecule has 0 unspecified atom stereocenters. The molecule has 1 heterocycles. The lowest BCUT2D eigenvalue weighted by atomic mass is 10.1. The van der Waals surface area contributed by atoms with E-state index in [4.69, 9.17) is 5.73 Å². The van der Waals surface area contributed by atoms with Gasteiger partial charge in [0.2, 0.25) is 0 Å². The number of pyridine rings is 1. The molecule has 0 aliphatic rings. The Labute approximate surface area is 102 Å². The Kier molecular flexibility index (Phi) is 3.00. The monoisotopic (exact) mass is 227 g/mol. The van der Waals surface area contributed by atoms with E-state index in [2.05, 4.69) is 41.9 Å². The Bertz CT molecular complexity index is 535. The molecule has 3 heteroatoms. The Balaban J connectivity index is 2.44. The molecule has 1 aromatic heterocycles. The number of hydrogen-bond donors (Lipinski definition) is 1. The Morgan fingerprint density at radius 2 is 1.88 bits per heavy atom. The topological polar surface area (TPSA) is 42.2 Å². The van der Waals surface area contributed by atoms with Gasteiger partial charge in [-0.15, -0.1) is 0 Å². The van der Waals surface area contributed by atoms with Crippen LogP contribution in [-0.4, -0.2) is 12.0 Å². The second-order valence-corrected chi connectivity index (χ2v) is 4.28. The molecule has 2 aromatic rings. The van der Waals surface area contributed by atoms with Crippen molar-refractivity contribution < 1.29 is 0 Å². The fourth-order valence-corrected chi connectivity index (χ4v) is 2.02. The smallest absolute Gasteiger partial charge is 0.0741 e. The van der Waals surface area contributed by atoms with Crippen molar-refractivity contribution in [3.8, 4) is 0 Å². The second-order valence-electron chi connectivity index (χ2n) is 4.28. The van der Waals surface area contributed by atoms with E-state index in [-0.39, 0.29) is 0 Å². The molecule has 0 aliphatic heterocycles. The first-order chi connectivity index (χ1) is 8.09. The Morgan fingerprint density at radius 3 is 2.53 bits per heavy atom. The van der Waals surface area contributed by atoms with Gasteiger partial charge in [0.25, 0.3) is 0 Å². The van der Waals surface area contributed by atoms with E-state index in [0.29, 0.717) is 5.69 Å². The van der Waals surface area contributed by atoms with Crippen molar-refractivity contribution in [2.75, 3.05) is 17.7 Å². The molecule has 17 heavy (non-hydrogen) atoms. The van der Waals surface area contributed by atoms with Gasteiger partial charge in [-0.25, -0.2) is 0 Å². The third kappa shape index (κ3) is 2.23. The highest BCUT2D eigenvalue weighted by atomic mass is 15.1. The van der Waals surface area contributed by atoms with Gasteiger partial charge in [-0.3, -0.25) is 4.98 Å². The van der Waals surface area contributed by atoms with Gasteiger partial charge in [-0.1, -0.05) is 17.7 Å². The lowest BCUT2D eigenvalue weighted by molar-refractivity contribution is 1.17. The third-order valence-electron chi connectivity index (χ3n) is 2.90. The van der Waals surface area contributed by atoms with Crippen molar-refractivity contribution in [3.05, 3.63) is 47.8 Å². The number of anilines is 3. The van der Waals surface area contributed by atoms with Crippen molar-refractivity contribution in [1.29, 1.82) is 0 Å². The summed E-state index contributed by atoms with van der Waals surface area (Å²) >= 11 is 0. The highest BCUT2D eigenvalue weighted by Crippen LogP contribution is 2.30. The van der Waals surface area contributed by atoms with E-state index >= 15 is 0 Å². The number of hydrogen-bond acceptors (Lipinski definition) is 3. The first-order valence-electron chi connectivity index (χ1n) is 5.60. The number of nitrogens with two attached hydrogens (primary N) is 1. The molecular weight excluding hydrogens is 210 g/mol. The summed E-state index contributed by atoms with van der Waals surface area (Å²) in [6.45, 7) is 4.20. The van der Waals surface area contributed by atoms with Crippen molar-refractivity contribution in [3.63, 3.8) is 0 Å². The van der Waals surface area contributed by atoms with Crippen LogP contribution in [0.2, 0.25) is 0 Å². The lowest BCUT2D eigenvalue weighted by Gasteiger charge is -2.23. The molecule has 0 fully saturated rings. The van der Waals surface area contributed by atoms with E-state index in [9.17, 15) is 0 Å². The zero-order valence-corrected chi connectivity index (χ0v) is 10.4. The average Bonchev–Trinajstić information content (AvgIpc) is 2.29. The van der Waals surface area contributed by atoms with Gasteiger partial charge >= 0.3 is 0 Å². The highest BCUT2D eigenvalue weighted by Gasteiger charge is 2.09. The number of aryl methyl sites for hydroxylation is 2. The second kappa shape index (κ2) is 4.45. The number of rotatable bonds is 2. The van der Waals surface area contributed by atoms with E-state index in [1.165, 1.54) is 11.1 Å². The molecule has 3 nitrogen and oxygen atoms in total. The SMILES string of the molecule is Cc1ccc(N(C)c2ccncc2N)c(C)c1. The van der Waals surface area contributed by atoms with Crippen LogP contribution in [0.25, 0.3) is 0 Å². The summed E-state index contributed by atoms with van der Waals surface area (Å²) in [5.74, 6) is 0. The largest absolute Gasteiger partial charge is 0.396 e. The van der Waals surface area contributed by atoms with Gasteiger partial charge in [0.15, 0.2) is 0 Å². The maximum Gasteiger partial charge on any atom is 0.0741 e. The highest BCUT2D eigenvalue weighted by molar-refractivity contribution is 5.74. The number of benzene rings is 1. The van der Waals surface area contributed by atoms with Crippen molar-refractivity contribution in [2.24, 2.45) is 0 Å². The molecule has 0 bridgehead atoms. The molecule has 0 saturated heterocycles. The van der Waals surface area contributed by atoms with Crippen LogP contribution in [0.3, 0.4) is 0 Å². The third-order valence-corrected chi connectivity index (χ3v) is 2.90. The molecule has 0 amide bonds. The molecule has 0 aliphatic carbocycles. The fourth-order valence-electron chi connectivity index (χ4n) is 2.02. The summed E-state index contributed by atoms with van der Waals surface area (Å²) in [5, 5.41) is 0. The molecule has 88 valence electrons. The normalized spacial score (nSPS) is 10.3. The van der Waals surface area contributed by atoms with Crippen LogP contribution < -0.4 is 10.6 Å². The lowest BCUT2D eigenvalue weighted by Crippen LogP contribution is -2.13. The van der Waals surface area contributed by atoms with Crippen LogP contribution in [0.1, 0.15) is 11.1 Å². The van der Waals surface area contributed by atoms with Crippen LogP contribution >= 0.6 is 0 Å². The van der Waals surface area contributed by atoms with Gasteiger partial charge in [0, 0.05) is 18.9 Å². The van der Waals surface area contributed by atoms with Crippen LogP contribution in [0.5, 0.6) is 0 Å². The van der Waals surface area contributed by atoms with Crippen LogP contribution in [0.15, 0.2) is 36.7 Å². The Hall–Kier alpha value is -2.03. The minimum atomic E-state index is 0.690. The van der Waals surface area contributed by atoms with E-state index < -0.39 is 0 Å². The summed E-state index contributed by atoms with van der Waals surface area (Å²) in [5.41, 5.74) is 11.3. The van der Waals surface area contributed by atoms with Gasteiger partial charge in [0.05, 0.1) is 17.6 Å². The summed E-state index contributed by atoms with van der Waals surface area (Å²) in [4.78, 5) is 6.09. The van der Waals surface area contributed by atoms with Crippen LogP contribution in [0, 0.1) is 13.8 Å². The zero-order chi connectivity index (χ0) is 12.4. The van der Waals surface area contributed by atoms with Crippen molar-refractivity contribution in [2.45, 2.75) is 13.8 Å². The predicted octanol–water partition coefficient (Wildman–Crippen LogP) is 3.05. The van der Waals surface area contributed by atoms with Crippen LogP contribution in [-0.2, 0) is 0 Å². The summed E-state index contributed by atoms with van der Waals surface area (Å²) in [6.07, 6.45) is 3.43. The van der Waals surface area contributed by atoms with Gasteiger partial charge in [0.1, 0.15) is 0 Å². The summed E-state index contributed by atoms with van der Waals surface area (Å²) in [7, 11) is 2.02. The molecule has 0 spiro atoms. The quantitative estimate of drug-likeness (QED) is 0.857. The van der Waals surface area contributed by atoms with E-state index in [0.717, 1.165) is 11.4 Å². The maximum atomic E-state index is 5.93. The average molecular weight is 227 g/mol. The van der Waals surface area contributed by atoms with E-state index in [1.807, 2.05) is 13.1 Å². The summed E-state index contributed by atoms with van der Waals surface area (Å²) in [6, 6.07) is 8.32. The maximum absolute atomic E-state index is 5.93. The van der Waals surface area contributed by atoms with E-state index in [1.54, 1.807) is 12.4 Å². The van der Waals surface area contributed by atoms with Crippen LogP contribution in [0.4, 0.5) is 17.1 Å². The molecule has 2 rings (SSSR count). The molecule has 2 N–H and O–H groups in total. The molecular formula is C14H17N3. The first kappa shape index (κ1) is 11.5. The molecule has 0 saturated carbocycles. The molecule has 0 radical (unpaired) electrons. The minimum absolute atomic E-state index is 0.690. The standard InChI is InChI=1S/C14H17N3/c1-10-4-5-13(11(2)8-10)17(3)14-6-7-16-9-12(14)15/h4-9H,15H2,1-3H3. The predicted molar refractivity (Wildman–Crippen MR) is 72.6 cm³/mol. The molecule has 0 atom stereocenters. The first-order valence-corrected chi connectivity index (χ1v) is 5.60.